The molecule has 0 radical (unpaired) electrons. The Hall–Kier alpha value is -3.15. The first-order valence-corrected chi connectivity index (χ1v) is 9.23. The fraction of sp³-hybridized carbons (Fsp3) is 0.286. The molecule has 0 saturated heterocycles. The molecule has 0 aliphatic heterocycles. The summed E-state index contributed by atoms with van der Waals surface area (Å²) in [7, 11) is 0. The average Bonchev–Trinajstić information content (AvgIpc) is 3.42. The molecule has 0 unspecified atom stereocenters. The molecular weight excluding hydrogens is 340 g/mol. The second-order valence-electron chi connectivity index (χ2n) is 6.73. The lowest BCUT2D eigenvalue weighted by Crippen LogP contribution is -2.16. The Kier molecular flexibility index (Phi) is 4.62. The van der Waals surface area contributed by atoms with Crippen LogP contribution < -0.4 is 10.1 Å². The Labute approximate surface area is 158 Å². The molecule has 2 aromatic carbocycles. The van der Waals surface area contributed by atoms with Gasteiger partial charge in [-0.2, -0.15) is 0 Å². The van der Waals surface area contributed by atoms with Gasteiger partial charge >= 0.3 is 0 Å². The van der Waals surface area contributed by atoms with E-state index in [1.807, 2.05) is 62.4 Å². The Morgan fingerprint density at radius 3 is 2.63 bits per heavy atom. The summed E-state index contributed by atoms with van der Waals surface area (Å²) >= 11 is 0. The molecule has 1 N–H and O–H groups in total. The summed E-state index contributed by atoms with van der Waals surface area (Å²) in [5.74, 6) is 0.707. The zero-order valence-corrected chi connectivity index (χ0v) is 15.5. The van der Waals surface area contributed by atoms with Gasteiger partial charge in [0.2, 0.25) is 0 Å². The summed E-state index contributed by atoms with van der Waals surface area (Å²) in [6.07, 6.45) is 2.10. The number of para-hydroxylation sites is 2. The summed E-state index contributed by atoms with van der Waals surface area (Å²) in [5.41, 5.74) is 3.99. The highest BCUT2D eigenvalue weighted by Crippen LogP contribution is 2.42. The van der Waals surface area contributed by atoms with Gasteiger partial charge in [0.15, 0.2) is 5.69 Å². The number of nitrogens with one attached hydrogen (secondary N) is 1. The Balaban J connectivity index is 1.66. The van der Waals surface area contributed by atoms with Gasteiger partial charge < -0.3 is 10.1 Å². The molecule has 3 aromatic rings. The minimum atomic E-state index is -0.262. The molecule has 0 bridgehead atoms. The molecular formula is C21H22N4O2. The van der Waals surface area contributed by atoms with E-state index in [9.17, 15) is 4.79 Å². The van der Waals surface area contributed by atoms with Crippen LogP contribution >= 0.6 is 0 Å². The van der Waals surface area contributed by atoms with Gasteiger partial charge in [-0.25, -0.2) is 4.68 Å². The van der Waals surface area contributed by atoms with Gasteiger partial charge in [-0.3, -0.25) is 4.79 Å². The first-order chi connectivity index (χ1) is 13.2. The van der Waals surface area contributed by atoms with Gasteiger partial charge in [0.1, 0.15) is 5.75 Å². The molecule has 27 heavy (non-hydrogen) atoms. The normalized spacial score (nSPS) is 13.4. The van der Waals surface area contributed by atoms with Crippen molar-refractivity contribution in [3.05, 3.63) is 65.5 Å². The number of carbonyl (C=O) groups excluding carboxylic acids is 1. The van der Waals surface area contributed by atoms with Crippen LogP contribution in [0.4, 0.5) is 5.69 Å². The second kappa shape index (κ2) is 7.23. The van der Waals surface area contributed by atoms with E-state index in [1.54, 1.807) is 4.68 Å². The maximum Gasteiger partial charge on any atom is 0.278 e. The highest BCUT2D eigenvalue weighted by molar-refractivity contribution is 6.04. The van der Waals surface area contributed by atoms with Crippen LogP contribution in [0, 0.1) is 6.92 Å². The van der Waals surface area contributed by atoms with Crippen molar-refractivity contribution in [1.82, 2.24) is 15.0 Å². The van der Waals surface area contributed by atoms with Crippen molar-refractivity contribution < 1.29 is 9.53 Å². The summed E-state index contributed by atoms with van der Waals surface area (Å²) in [6, 6.07) is 15.5. The Morgan fingerprint density at radius 2 is 1.93 bits per heavy atom. The number of hydrogen-bond acceptors (Lipinski definition) is 4. The highest BCUT2D eigenvalue weighted by Gasteiger charge is 2.34. The molecule has 1 aliphatic rings. The average molecular weight is 362 g/mol. The number of carbonyl (C=O) groups is 1. The maximum atomic E-state index is 12.9. The molecule has 1 heterocycles. The van der Waals surface area contributed by atoms with E-state index < -0.39 is 0 Å². The third kappa shape index (κ3) is 3.56. The van der Waals surface area contributed by atoms with E-state index in [1.165, 1.54) is 5.56 Å². The van der Waals surface area contributed by atoms with E-state index in [0.717, 1.165) is 24.2 Å². The van der Waals surface area contributed by atoms with Crippen LogP contribution in [0.15, 0.2) is 48.5 Å². The van der Waals surface area contributed by atoms with Gasteiger partial charge in [0, 0.05) is 5.92 Å². The number of benzene rings is 2. The number of ether oxygens (including phenoxy) is 1. The standard InChI is InChI=1S/C21H22N4O2/c1-3-27-18-7-5-4-6-17(18)22-21(26)19-20(15-10-11-15)25(24-23-19)16-12-8-14(2)9-13-16/h4-9,12-13,15H,3,10-11H2,1-2H3,(H,22,26). The summed E-state index contributed by atoms with van der Waals surface area (Å²) in [6.45, 7) is 4.49. The van der Waals surface area contributed by atoms with E-state index in [-0.39, 0.29) is 5.91 Å². The molecule has 6 nitrogen and oxygen atoms in total. The molecule has 0 atom stereocenters. The number of hydrogen-bond donors (Lipinski definition) is 1. The van der Waals surface area contributed by atoms with E-state index >= 15 is 0 Å². The number of nitrogens with zero attached hydrogens (tertiary/aromatic N) is 3. The summed E-state index contributed by atoms with van der Waals surface area (Å²) in [5, 5.41) is 11.4. The van der Waals surface area contributed by atoms with E-state index in [4.69, 9.17) is 4.74 Å². The van der Waals surface area contributed by atoms with Gasteiger partial charge in [0.05, 0.1) is 23.7 Å². The topological polar surface area (TPSA) is 69.0 Å². The number of anilines is 1. The lowest BCUT2D eigenvalue weighted by Gasteiger charge is -2.11. The maximum absolute atomic E-state index is 12.9. The van der Waals surface area contributed by atoms with Crippen molar-refractivity contribution in [3.8, 4) is 11.4 Å². The third-order valence-electron chi connectivity index (χ3n) is 4.60. The van der Waals surface area contributed by atoms with E-state index in [0.29, 0.717) is 29.7 Å². The summed E-state index contributed by atoms with van der Waals surface area (Å²) < 4.78 is 7.39. The largest absolute Gasteiger partial charge is 0.492 e. The van der Waals surface area contributed by atoms with Crippen molar-refractivity contribution in [2.75, 3.05) is 11.9 Å². The van der Waals surface area contributed by atoms with Gasteiger partial charge in [-0.15, -0.1) is 5.10 Å². The molecule has 4 rings (SSSR count). The molecule has 1 aromatic heterocycles. The van der Waals surface area contributed by atoms with Crippen LogP contribution in [-0.2, 0) is 0 Å². The molecule has 6 heteroatoms. The van der Waals surface area contributed by atoms with Gasteiger partial charge in [0.25, 0.3) is 5.91 Å². The lowest BCUT2D eigenvalue weighted by molar-refractivity contribution is 0.102. The van der Waals surface area contributed by atoms with Crippen molar-refractivity contribution in [3.63, 3.8) is 0 Å². The quantitative estimate of drug-likeness (QED) is 0.717. The minimum Gasteiger partial charge on any atom is -0.492 e. The smallest absolute Gasteiger partial charge is 0.278 e. The molecule has 1 aliphatic carbocycles. The minimum absolute atomic E-state index is 0.262. The van der Waals surface area contributed by atoms with Crippen LogP contribution in [0.5, 0.6) is 5.75 Å². The Morgan fingerprint density at radius 1 is 1.19 bits per heavy atom. The second-order valence-corrected chi connectivity index (χ2v) is 6.73. The van der Waals surface area contributed by atoms with Crippen LogP contribution in [0.3, 0.4) is 0 Å². The van der Waals surface area contributed by atoms with Crippen molar-refractivity contribution in [2.24, 2.45) is 0 Å². The van der Waals surface area contributed by atoms with Gasteiger partial charge in [-0.1, -0.05) is 35.0 Å². The predicted molar refractivity (Wildman–Crippen MR) is 104 cm³/mol. The van der Waals surface area contributed by atoms with Crippen molar-refractivity contribution in [1.29, 1.82) is 0 Å². The molecule has 1 fully saturated rings. The van der Waals surface area contributed by atoms with E-state index in [2.05, 4.69) is 15.6 Å². The highest BCUT2D eigenvalue weighted by atomic mass is 16.5. The predicted octanol–water partition coefficient (Wildman–Crippen LogP) is 4.10. The fourth-order valence-electron chi connectivity index (χ4n) is 3.08. The molecule has 1 saturated carbocycles. The van der Waals surface area contributed by atoms with Crippen LogP contribution in [0.25, 0.3) is 5.69 Å². The number of aromatic nitrogens is 3. The number of amides is 1. The van der Waals surface area contributed by atoms with Crippen LogP contribution in [0.2, 0.25) is 0 Å². The fourth-order valence-corrected chi connectivity index (χ4v) is 3.08. The van der Waals surface area contributed by atoms with Crippen LogP contribution in [-0.4, -0.2) is 27.5 Å². The molecule has 1 amide bonds. The first-order valence-electron chi connectivity index (χ1n) is 9.23. The monoisotopic (exact) mass is 362 g/mol. The molecule has 0 spiro atoms. The molecule has 138 valence electrons. The number of rotatable bonds is 6. The SMILES string of the molecule is CCOc1ccccc1NC(=O)c1nnn(-c2ccc(C)cc2)c1C1CC1. The third-order valence-corrected chi connectivity index (χ3v) is 4.60. The van der Waals surface area contributed by atoms with Crippen molar-refractivity contribution >= 4 is 11.6 Å². The van der Waals surface area contributed by atoms with Crippen molar-refractivity contribution in [2.45, 2.75) is 32.6 Å². The first kappa shape index (κ1) is 17.3. The zero-order chi connectivity index (χ0) is 18.8. The van der Waals surface area contributed by atoms with Crippen LogP contribution in [0.1, 0.15) is 47.4 Å². The zero-order valence-electron chi connectivity index (χ0n) is 15.5. The van der Waals surface area contributed by atoms with Gasteiger partial charge in [-0.05, 0) is 51.0 Å². The lowest BCUT2D eigenvalue weighted by atomic mass is 10.2. The Bertz CT molecular complexity index is 959. The number of aryl methyl sites for hydroxylation is 1. The summed E-state index contributed by atoms with van der Waals surface area (Å²) in [4.78, 5) is 12.9.